The Hall–Kier alpha value is -14.7. The Balaban J connectivity index is 0.000000103. The number of rotatable bonds is 25. The molecule has 704 valence electrons. The first-order valence-corrected chi connectivity index (χ1v) is 48.2. The fraction of sp³-hybridized carbons (Fsp3) is 0.293. The number of aryl methyl sites for hydroxylation is 4. The number of carbonyl (C=O) groups is 5. The molecule has 6 N–H and O–H groups in total. The number of fused-ring (bicyclic) bond motifs is 10. The molecule has 5 fully saturated rings. The van der Waals surface area contributed by atoms with E-state index in [-0.39, 0.29) is 29.5 Å². The van der Waals surface area contributed by atoms with E-state index in [4.69, 9.17) is 58.0 Å². The minimum atomic E-state index is -0.158. The first-order valence-electron chi connectivity index (χ1n) is 46.3. The molecule has 5 saturated carbocycles. The first kappa shape index (κ1) is 90.8. The predicted octanol–water partition coefficient (Wildman–Crippen LogP) is 15.6. The first-order chi connectivity index (χ1) is 67.6. The summed E-state index contributed by atoms with van der Waals surface area (Å²) in [7, 11) is 7.85. The molecule has 5 aromatic carbocycles. The van der Waals surface area contributed by atoms with Crippen LogP contribution in [0, 0.1) is 0 Å². The van der Waals surface area contributed by atoms with Gasteiger partial charge in [-0.2, -0.15) is 0 Å². The molecule has 0 atom stereocenters. The van der Waals surface area contributed by atoms with E-state index in [9.17, 15) is 24.0 Å². The monoisotopic (exact) mass is 1960 g/mol. The van der Waals surface area contributed by atoms with Crippen LogP contribution in [0.3, 0.4) is 0 Å². The number of nitrogens with one attached hydrogen (secondary N) is 6. The zero-order valence-corrected chi connectivity index (χ0v) is 79.8. The van der Waals surface area contributed by atoms with Gasteiger partial charge < -0.3 is 49.8 Å². The maximum atomic E-state index is 12.7. The zero-order valence-electron chi connectivity index (χ0n) is 76.0. The number of amides is 5. The Bertz CT molecular complexity index is 7580. The van der Waals surface area contributed by atoms with Gasteiger partial charge in [-0.15, -0.1) is 51.0 Å². The molecule has 5 amide bonds. The van der Waals surface area contributed by atoms with Crippen LogP contribution in [0.4, 0.5) is 0 Å². The van der Waals surface area contributed by atoms with E-state index >= 15 is 0 Å². The minimum Gasteiger partial charge on any atom is -0.351 e. The fourth-order valence-electron chi connectivity index (χ4n) is 17.5. The van der Waals surface area contributed by atoms with Crippen molar-refractivity contribution < 1.29 is 24.0 Å². The van der Waals surface area contributed by atoms with Gasteiger partial charge in [0.15, 0.2) is 28.2 Å². The summed E-state index contributed by atoms with van der Waals surface area (Å²) in [5, 5.41) is 60.8. The number of H-pyrrole nitrogens is 1. The van der Waals surface area contributed by atoms with Crippen LogP contribution in [0.2, 0.25) is 25.1 Å². The number of pyridine rings is 5. The van der Waals surface area contributed by atoms with Crippen molar-refractivity contribution in [3.63, 3.8) is 0 Å². The van der Waals surface area contributed by atoms with Crippen molar-refractivity contribution in [2.24, 2.45) is 28.2 Å². The molecule has 20 aromatic rings. The SMILES string of the molecule is Cn1c(CCNC(=O)c2cccn3c(C4CC4)nnc23)nc2cc(Cl)ccc21.Cn1c(CCNC(=O)c2cccn3c(C4CC4)nnc23)nc2cc(Cl)ccc21.Cn1c(CCNC(=O)c2cccn3c(C4CC4)nnc23)nc2ccc(Cl)cc21.Cn1c(CCNC(=O)c2cccn3c(C4CC4)nnc23)nc2ccc(Cl)cc21.O=C(NCCc1nc2ccc(Cl)cc2[nH]1)c1cccn2c(C3CC3)nnc12. The Labute approximate surface area is 817 Å². The van der Waals surface area contributed by atoms with Crippen molar-refractivity contribution in [2.45, 2.75) is 126 Å². The van der Waals surface area contributed by atoms with Gasteiger partial charge in [0.2, 0.25) is 0 Å². The fourth-order valence-corrected chi connectivity index (χ4v) is 18.3. The second-order valence-corrected chi connectivity index (χ2v) is 37.7. The third-order valence-electron chi connectivity index (χ3n) is 25.7. The van der Waals surface area contributed by atoms with E-state index in [1.165, 1.54) is 0 Å². The molecular weight excluding hydrogens is 1870 g/mol. The smallest absolute Gasteiger partial charge is 0.255 e. The second kappa shape index (κ2) is 38.7. The molecule has 5 aliphatic carbocycles. The summed E-state index contributed by atoms with van der Waals surface area (Å²) in [5.74, 6) is 10.7. The Kier molecular flexibility index (Phi) is 25.3. The van der Waals surface area contributed by atoms with E-state index in [0.717, 1.165) is 178 Å². The van der Waals surface area contributed by atoms with Crippen molar-refractivity contribution >= 4 is 171 Å². The van der Waals surface area contributed by atoms with Crippen LogP contribution in [-0.2, 0) is 60.3 Å². The highest BCUT2D eigenvalue weighted by Gasteiger charge is 2.35. The van der Waals surface area contributed by atoms with Crippen molar-refractivity contribution in [2.75, 3.05) is 32.7 Å². The van der Waals surface area contributed by atoms with Crippen LogP contribution in [0.25, 0.3) is 83.4 Å². The molecule has 15 aromatic heterocycles. The van der Waals surface area contributed by atoms with Crippen LogP contribution in [-0.4, -0.2) is 183 Å². The molecule has 35 nitrogen and oxygen atoms in total. The highest BCUT2D eigenvalue weighted by Crippen LogP contribution is 2.43. The summed E-state index contributed by atoms with van der Waals surface area (Å²) in [6.45, 7) is 2.39. The summed E-state index contributed by atoms with van der Waals surface area (Å²) < 4.78 is 17.7. The normalized spacial score (nSPS) is 14.1. The maximum Gasteiger partial charge on any atom is 0.255 e. The van der Waals surface area contributed by atoms with Crippen molar-refractivity contribution in [1.82, 2.24) is 148 Å². The number of benzene rings is 5. The van der Waals surface area contributed by atoms with Crippen LogP contribution < -0.4 is 26.6 Å². The summed E-state index contributed by atoms with van der Waals surface area (Å²) >= 11 is 30.2. The lowest BCUT2D eigenvalue weighted by molar-refractivity contribution is 0.0946. The third kappa shape index (κ3) is 19.4. The standard InChI is InChI=1S/4C20H19ClN6O.C19H17ClN6O/c2*1-26-16-7-6-13(21)11-15(16)23-17(26)8-9-22-20(28)14-3-2-10-27-18(12-4-5-12)24-25-19(14)27;2*1-26-16-11-13(21)6-7-15(16)23-17(26)8-9-22-20(28)14-3-2-10-27-18(12-4-5-12)24-25-19(14)27;20-12-5-6-14-15(10-12)23-16(22-14)7-8-21-19(27)13-2-1-9-26-17(11-3-4-11)24-25-18(13)26/h4*2-3,6-7,10-12H,4-5,8-9H2,1H3,(H,22,28);1-2,5-6,9-11H,3-4,7-8H2,(H,21,27)(H,22,23). The summed E-state index contributed by atoms with van der Waals surface area (Å²) in [5.41, 5.74) is 15.0. The molecule has 0 unspecified atom stereocenters. The van der Waals surface area contributed by atoms with Crippen molar-refractivity contribution in [1.29, 1.82) is 0 Å². The molecule has 0 saturated heterocycles. The molecule has 5 aliphatic rings. The van der Waals surface area contributed by atoms with Gasteiger partial charge >= 0.3 is 0 Å². The highest BCUT2D eigenvalue weighted by molar-refractivity contribution is 6.32. The van der Waals surface area contributed by atoms with E-state index in [0.29, 0.717) is 176 Å². The topological polar surface area (TPSA) is 396 Å². The largest absolute Gasteiger partial charge is 0.351 e. The van der Waals surface area contributed by atoms with Gasteiger partial charge in [-0.3, -0.25) is 46.0 Å². The number of imidazole rings is 5. The number of aromatic nitrogens is 25. The molecule has 40 heteroatoms. The lowest BCUT2D eigenvalue weighted by atomic mass is 10.2. The van der Waals surface area contributed by atoms with Gasteiger partial charge in [0, 0.05) is 179 Å². The number of hydrogen-bond acceptors (Lipinski definition) is 20. The average molecular weight is 1960 g/mol. The molecule has 0 bridgehead atoms. The van der Waals surface area contributed by atoms with E-state index in [1.54, 1.807) is 30.3 Å². The lowest BCUT2D eigenvalue weighted by Gasteiger charge is -2.07. The summed E-state index contributed by atoms with van der Waals surface area (Å²) in [6.07, 6.45) is 24.1. The maximum absolute atomic E-state index is 12.7. The van der Waals surface area contributed by atoms with Crippen LogP contribution in [0.1, 0.15) is 204 Å². The zero-order chi connectivity index (χ0) is 95.4. The Morgan fingerprint density at radius 1 is 0.288 bits per heavy atom. The summed E-state index contributed by atoms with van der Waals surface area (Å²) in [4.78, 5) is 89.7. The second-order valence-electron chi connectivity index (χ2n) is 35.5. The van der Waals surface area contributed by atoms with Gasteiger partial charge in [0.25, 0.3) is 29.5 Å². The number of carbonyl (C=O) groups excluding carboxylic acids is 5. The molecule has 0 spiro atoms. The van der Waals surface area contributed by atoms with Crippen LogP contribution in [0.5, 0.6) is 0 Å². The molecule has 0 radical (unpaired) electrons. The summed E-state index contributed by atoms with van der Waals surface area (Å²) in [6, 6.07) is 46.4. The van der Waals surface area contributed by atoms with E-state index < -0.39 is 0 Å². The van der Waals surface area contributed by atoms with Gasteiger partial charge in [0.1, 0.15) is 58.2 Å². The highest BCUT2D eigenvalue weighted by atomic mass is 35.5. The van der Waals surface area contributed by atoms with E-state index in [2.05, 4.69) is 107 Å². The quantitative estimate of drug-likeness (QED) is 0.0309. The number of halogens is 5. The van der Waals surface area contributed by atoms with Gasteiger partial charge in [-0.25, -0.2) is 24.9 Å². The van der Waals surface area contributed by atoms with E-state index in [1.807, 2.05) is 221 Å². The average Bonchev–Trinajstić information content (AvgIpc) is 1.61. The van der Waals surface area contributed by atoms with Crippen LogP contribution in [0.15, 0.2) is 183 Å². The predicted molar refractivity (Wildman–Crippen MR) is 529 cm³/mol. The van der Waals surface area contributed by atoms with Crippen LogP contribution >= 0.6 is 58.0 Å². The Morgan fingerprint density at radius 2 is 0.540 bits per heavy atom. The van der Waals surface area contributed by atoms with Gasteiger partial charge in [-0.05, 0) is 216 Å². The molecule has 139 heavy (non-hydrogen) atoms. The number of nitrogens with zero attached hydrogens (tertiary/aromatic N) is 24. The van der Waals surface area contributed by atoms with Gasteiger partial charge in [-0.1, -0.05) is 58.0 Å². The Morgan fingerprint density at radius 3 is 0.835 bits per heavy atom. The third-order valence-corrected chi connectivity index (χ3v) is 26.8. The molecular formula is C99H93Cl5N30O5. The molecule has 25 rings (SSSR count). The van der Waals surface area contributed by atoms with Crippen molar-refractivity contribution in [3.05, 3.63) is 294 Å². The molecule has 15 heterocycles. The minimum absolute atomic E-state index is 0.151. The van der Waals surface area contributed by atoms with Gasteiger partial charge in [0.05, 0.1) is 83.0 Å². The lowest BCUT2D eigenvalue weighted by Crippen LogP contribution is -2.27. The number of aromatic amines is 1. The number of hydrogen-bond donors (Lipinski definition) is 6. The van der Waals surface area contributed by atoms with Crippen molar-refractivity contribution in [3.8, 4) is 0 Å². The molecule has 0 aliphatic heterocycles.